The highest BCUT2D eigenvalue weighted by Crippen LogP contribution is 2.44. The maximum Gasteiger partial charge on any atom is 0.0970 e. The molecule has 0 bridgehead atoms. The van der Waals surface area contributed by atoms with Gasteiger partial charge in [0.15, 0.2) is 0 Å². The molecule has 0 spiro atoms. The number of hydrogen-bond acceptors (Lipinski definition) is 4. The third-order valence-corrected chi connectivity index (χ3v) is 11.6. The molecule has 0 atom stereocenters. The van der Waals surface area contributed by atoms with Crippen LogP contribution in [0, 0.1) is 0 Å². The predicted molar refractivity (Wildman–Crippen MR) is 217 cm³/mol. The molecule has 0 radical (unpaired) electrons. The molecule has 0 aliphatic carbocycles. The molecule has 236 valence electrons. The minimum atomic E-state index is 0.925. The van der Waals surface area contributed by atoms with Gasteiger partial charge in [0.05, 0.1) is 22.2 Å². The largest absolute Gasteiger partial charge is 0.254 e. The molecule has 7 aromatic carbocycles. The second kappa shape index (κ2) is 11.0. The number of rotatable bonds is 3. The molecule has 0 fully saturated rings. The number of pyridine rings is 3. The fourth-order valence-electron chi connectivity index (χ4n) is 8.05. The Morgan fingerprint density at radius 1 is 0.412 bits per heavy atom. The van der Waals surface area contributed by atoms with Crippen LogP contribution in [0.25, 0.3) is 108 Å². The highest BCUT2D eigenvalue weighted by atomic mass is 32.1. The Hall–Kier alpha value is -6.49. The van der Waals surface area contributed by atoms with Crippen LogP contribution in [0.15, 0.2) is 164 Å². The van der Waals surface area contributed by atoms with Gasteiger partial charge in [-0.2, -0.15) is 0 Å². The Morgan fingerprint density at radius 3 is 2.04 bits per heavy atom. The molecule has 0 amide bonds. The molecule has 0 saturated heterocycles. The summed E-state index contributed by atoms with van der Waals surface area (Å²) >= 11 is 1.88. The summed E-state index contributed by atoms with van der Waals surface area (Å²) in [5.74, 6) is 0. The maximum absolute atomic E-state index is 5.33. The molecule has 4 heterocycles. The molecule has 4 heteroatoms. The Bertz CT molecular complexity index is 3210. The minimum Gasteiger partial charge on any atom is -0.254 e. The number of para-hydroxylation sites is 1. The van der Waals surface area contributed by atoms with Crippen molar-refractivity contribution in [3.63, 3.8) is 0 Å². The zero-order valence-electron chi connectivity index (χ0n) is 27.3. The molecule has 11 rings (SSSR count). The lowest BCUT2D eigenvalue weighted by molar-refractivity contribution is 1.37. The Kier molecular flexibility index (Phi) is 6.12. The quantitative estimate of drug-likeness (QED) is 0.176. The summed E-state index contributed by atoms with van der Waals surface area (Å²) < 4.78 is 2.63. The summed E-state index contributed by atoms with van der Waals surface area (Å²) in [6.07, 6.45) is 3.75. The average Bonchev–Trinajstić information content (AvgIpc) is 3.59. The monoisotopic (exact) mass is 665 g/mol. The molecule has 11 aromatic rings. The Morgan fingerprint density at radius 2 is 1.12 bits per heavy atom. The molecule has 0 aliphatic rings. The smallest absolute Gasteiger partial charge is 0.0970 e. The van der Waals surface area contributed by atoms with Crippen molar-refractivity contribution < 1.29 is 0 Å². The van der Waals surface area contributed by atoms with Crippen LogP contribution >= 0.6 is 11.3 Å². The normalized spacial score (nSPS) is 11.9. The van der Waals surface area contributed by atoms with Crippen LogP contribution < -0.4 is 0 Å². The van der Waals surface area contributed by atoms with Crippen LogP contribution in [-0.2, 0) is 0 Å². The molecular formula is C47H27N3S. The summed E-state index contributed by atoms with van der Waals surface area (Å²) in [7, 11) is 0. The fourth-order valence-corrected chi connectivity index (χ4v) is 9.31. The molecule has 0 saturated carbocycles. The van der Waals surface area contributed by atoms with Crippen LogP contribution in [0.5, 0.6) is 0 Å². The first-order valence-corrected chi connectivity index (χ1v) is 18.0. The molecule has 51 heavy (non-hydrogen) atoms. The highest BCUT2D eigenvalue weighted by molar-refractivity contribution is 7.26. The van der Waals surface area contributed by atoms with E-state index < -0.39 is 0 Å². The molecule has 4 aromatic heterocycles. The van der Waals surface area contributed by atoms with Gasteiger partial charge in [-0.25, -0.2) is 4.98 Å². The van der Waals surface area contributed by atoms with Crippen LogP contribution in [0.2, 0.25) is 0 Å². The van der Waals surface area contributed by atoms with Crippen molar-refractivity contribution in [2.45, 2.75) is 0 Å². The van der Waals surface area contributed by atoms with Crippen molar-refractivity contribution in [2.24, 2.45) is 0 Å². The minimum absolute atomic E-state index is 0.925. The second-order valence-electron chi connectivity index (χ2n) is 13.1. The van der Waals surface area contributed by atoms with Gasteiger partial charge in [0.25, 0.3) is 0 Å². The van der Waals surface area contributed by atoms with Gasteiger partial charge in [0.2, 0.25) is 0 Å². The van der Waals surface area contributed by atoms with E-state index in [1.807, 2.05) is 29.8 Å². The van der Waals surface area contributed by atoms with E-state index in [4.69, 9.17) is 9.97 Å². The molecule has 0 unspecified atom stereocenters. The van der Waals surface area contributed by atoms with Crippen LogP contribution in [-0.4, -0.2) is 15.0 Å². The van der Waals surface area contributed by atoms with Gasteiger partial charge >= 0.3 is 0 Å². The van der Waals surface area contributed by atoms with E-state index in [1.54, 1.807) is 0 Å². The SMILES string of the molecule is c1cc(-c2ccc(-c3ccnc4c3ccc3cccnc34)c3ccccc23)cc(-c2nc3ccccc3c3c2ccc2c4ccccc4sc23)c1. The molecular weight excluding hydrogens is 639 g/mol. The van der Waals surface area contributed by atoms with Gasteiger partial charge in [-0.15, -0.1) is 11.3 Å². The lowest BCUT2D eigenvalue weighted by Crippen LogP contribution is -1.92. The van der Waals surface area contributed by atoms with E-state index in [1.165, 1.54) is 58.2 Å². The first-order valence-electron chi connectivity index (χ1n) is 17.2. The van der Waals surface area contributed by atoms with Gasteiger partial charge in [-0.05, 0) is 63.4 Å². The Balaban J connectivity index is 1.11. The van der Waals surface area contributed by atoms with E-state index in [2.05, 4.69) is 151 Å². The maximum atomic E-state index is 5.33. The van der Waals surface area contributed by atoms with Gasteiger partial charge in [-0.1, -0.05) is 121 Å². The fraction of sp³-hybridized carbons (Fsp3) is 0. The summed E-state index contributed by atoms with van der Waals surface area (Å²) in [4.78, 5) is 14.8. The number of aromatic nitrogens is 3. The zero-order valence-corrected chi connectivity index (χ0v) is 28.2. The first kappa shape index (κ1) is 28.4. The second-order valence-corrected chi connectivity index (χ2v) is 14.2. The lowest BCUT2D eigenvalue weighted by Gasteiger charge is -2.15. The van der Waals surface area contributed by atoms with Gasteiger partial charge in [0, 0.05) is 65.1 Å². The van der Waals surface area contributed by atoms with E-state index >= 15 is 0 Å². The van der Waals surface area contributed by atoms with Crippen LogP contribution in [0.3, 0.4) is 0 Å². The number of thiophene rings is 1. The standard InChI is InChI=1S/C47H27N3S/c1-2-13-33-32(12-1)31(20-21-34(33)35-24-26-49-46-37(35)19-18-28-11-8-25-48-45(28)46)29-9-7-10-30(27-29)44-40-23-22-38-36-14-4-6-17-42(36)51-47(38)43(40)39-15-3-5-16-41(39)50-44/h1-27H. The number of fused-ring (bicyclic) bond motifs is 11. The third kappa shape index (κ3) is 4.27. The van der Waals surface area contributed by atoms with Crippen molar-refractivity contribution in [1.82, 2.24) is 15.0 Å². The first-order chi connectivity index (χ1) is 25.3. The van der Waals surface area contributed by atoms with E-state index in [9.17, 15) is 0 Å². The summed E-state index contributed by atoms with van der Waals surface area (Å²) in [5, 5.41) is 10.9. The van der Waals surface area contributed by atoms with Crippen LogP contribution in [0.4, 0.5) is 0 Å². The average molecular weight is 666 g/mol. The number of hydrogen-bond donors (Lipinski definition) is 0. The summed E-state index contributed by atoms with van der Waals surface area (Å²) in [5.41, 5.74) is 9.68. The summed E-state index contributed by atoms with van der Waals surface area (Å²) in [6, 6.07) is 54.6. The van der Waals surface area contributed by atoms with E-state index in [0.29, 0.717) is 0 Å². The van der Waals surface area contributed by atoms with E-state index in [0.717, 1.165) is 49.7 Å². The number of nitrogens with zero attached hydrogens (tertiary/aromatic N) is 3. The highest BCUT2D eigenvalue weighted by Gasteiger charge is 2.18. The Labute approximate surface area is 297 Å². The lowest BCUT2D eigenvalue weighted by atomic mass is 9.90. The topological polar surface area (TPSA) is 38.7 Å². The molecule has 0 N–H and O–H groups in total. The molecule has 3 nitrogen and oxygen atoms in total. The van der Waals surface area contributed by atoms with Gasteiger partial charge in [-0.3, -0.25) is 9.97 Å². The van der Waals surface area contributed by atoms with Crippen LogP contribution in [0.1, 0.15) is 0 Å². The summed E-state index contributed by atoms with van der Waals surface area (Å²) in [6.45, 7) is 0. The predicted octanol–water partition coefficient (Wildman–Crippen LogP) is 13.0. The molecule has 0 aliphatic heterocycles. The zero-order chi connectivity index (χ0) is 33.5. The van der Waals surface area contributed by atoms with Crippen molar-refractivity contribution >= 4 is 85.8 Å². The van der Waals surface area contributed by atoms with Crippen molar-refractivity contribution in [3.8, 4) is 33.5 Å². The van der Waals surface area contributed by atoms with Crippen molar-refractivity contribution in [2.75, 3.05) is 0 Å². The van der Waals surface area contributed by atoms with E-state index in [-0.39, 0.29) is 0 Å². The number of benzene rings is 7. The van der Waals surface area contributed by atoms with Gasteiger partial charge in [0.1, 0.15) is 0 Å². The van der Waals surface area contributed by atoms with Gasteiger partial charge < -0.3 is 0 Å². The third-order valence-electron chi connectivity index (χ3n) is 10.4. The van der Waals surface area contributed by atoms with Crippen molar-refractivity contribution in [1.29, 1.82) is 0 Å². The van der Waals surface area contributed by atoms with Crippen molar-refractivity contribution in [3.05, 3.63) is 164 Å².